The minimum Gasteiger partial charge on any atom is -0.453 e. The molecule has 2 fully saturated rings. The number of amides is 1. The normalized spacial score (nSPS) is 28.6. The second-order valence-corrected chi connectivity index (χ2v) is 5.27. The topological polar surface area (TPSA) is 58.6 Å². The van der Waals surface area contributed by atoms with Crippen LogP contribution in [0.2, 0.25) is 0 Å². The van der Waals surface area contributed by atoms with E-state index in [1.807, 2.05) is 0 Å². The van der Waals surface area contributed by atoms with Gasteiger partial charge in [-0.3, -0.25) is 4.79 Å². The summed E-state index contributed by atoms with van der Waals surface area (Å²) in [5.74, 6) is 0.732. The quantitative estimate of drug-likeness (QED) is 0.818. The number of carbonyl (C=O) groups is 2. The molecule has 0 aromatic heterocycles. The molecule has 0 radical (unpaired) electrons. The van der Waals surface area contributed by atoms with Gasteiger partial charge in [-0.05, 0) is 32.2 Å². The zero-order valence-electron chi connectivity index (χ0n) is 11.0. The number of hydrogen-bond acceptors (Lipinski definition) is 4. The molecule has 1 saturated carbocycles. The lowest BCUT2D eigenvalue weighted by atomic mass is 10.0. The summed E-state index contributed by atoms with van der Waals surface area (Å²) in [6, 6.07) is 0.191. The Morgan fingerprint density at radius 3 is 3.00 bits per heavy atom. The maximum Gasteiger partial charge on any atom is 0.407 e. The number of nitrogens with one attached hydrogen (secondary N) is 1. The highest BCUT2D eigenvalue weighted by Gasteiger charge is 2.27. The number of alkyl carbamates (subject to hydrolysis) is 1. The predicted octanol–water partition coefficient (Wildman–Crippen LogP) is 1.18. The molecule has 18 heavy (non-hydrogen) atoms. The molecule has 1 aliphatic carbocycles. The maximum atomic E-state index is 11.5. The molecule has 102 valence electrons. The Kier molecular flexibility index (Phi) is 4.58. The van der Waals surface area contributed by atoms with Crippen molar-refractivity contribution < 1.29 is 14.3 Å². The van der Waals surface area contributed by atoms with Gasteiger partial charge in [0.2, 0.25) is 0 Å². The molecule has 1 N–H and O–H groups in total. The van der Waals surface area contributed by atoms with Crippen LogP contribution in [0.5, 0.6) is 0 Å². The van der Waals surface area contributed by atoms with Crippen molar-refractivity contribution in [2.24, 2.45) is 5.92 Å². The van der Waals surface area contributed by atoms with Crippen LogP contribution in [-0.2, 0) is 9.53 Å². The van der Waals surface area contributed by atoms with Gasteiger partial charge in [-0.1, -0.05) is 0 Å². The Balaban J connectivity index is 1.66. The highest BCUT2D eigenvalue weighted by Crippen LogP contribution is 2.25. The first-order valence-electron chi connectivity index (χ1n) is 6.78. The van der Waals surface area contributed by atoms with Crippen LogP contribution in [-0.4, -0.2) is 49.6 Å². The van der Waals surface area contributed by atoms with Crippen molar-refractivity contribution in [3.8, 4) is 0 Å². The van der Waals surface area contributed by atoms with Gasteiger partial charge in [0, 0.05) is 31.5 Å². The SMILES string of the molecule is COC(=O)NC1CCN(CCC2CCCC2=O)C1. The summed E-state index contributed by atoms with van der Waals surface area (Å²) >= 11 is 0. The van der Waals surface area contributed by atoms with Gasteiger partial charge in [0.05, 0.1) is 7.11 Å². The fourth-order valence-corrected chi connectivity index (χ4v) is 2.91. The van der Waals surface area contributed by atoms with E-state index in [-0.39, 0.29) is 18.1 Å². The number of carbonyl (C=O) groups excluding carboxylic acids is 2. The van der Waals surface area contributed by atoms with Gasteiger partial charge in [-0.25, -0.2) is 4.79 Å². The monoisotopic (exact) mass is 254 g/mol. The number of rotatable bonds is 4. The van der Waals surface area contributed by atoms with Crippen molar-refractivity contribution in [1.29, 1.82) is 0 Å². The van der Waals surface area contributed by atoms with Gasteiger partial charge in [-0.2, -0.15) is 0 Å². The van der Waals surface area contributed by atoms with Crippen LogP contribution in [0.25, 0.3) is 0 Å². The Morgan fingerprint density at radius 1 is 1.50 bits per heavy atom. The Bertz CT molecular complexity index is 319. The minimum absolute atomic E-state index is 0.191. The predicted molar refractivity (Wildman–Crippen MR) is 67.4 cm³/mol. The molecule has 0 aromatic rings. The molecule has 0 bridgehead atoms. The number of hydrogen-bond donors (Lipinski definition) is 1. The molecule has 2 atom stereocenters. The molecule has 1 saturated heterocycles. The molecule has 1 amide bonds. The summed E-state index contributed by atoms with van der Waals surface area (Å²) in [7, 11) is 1.38. The van der Waals surface area contributed by atoms with Crippen molar-refractivity contribution >= 4 is 11.9 Å². The third-order valence-electron chi connectivity index (χ3n) is 4.00. The lowest BCUT2D eigenvalue weighted by Gasteiger charge is -2.18. The van der Waals surface area contributed by atoms with Crippen LogP contribution in [0.3, 0.4) is 0 Å². The van der Waals surface area contributed by atoms with Crippen LogP contribution in [0, 0.1) is 5.92 Å². The summed E-state index contributed by atoms with van der Waals surface area (Å²) < 4.78 is 4.59. The summed E-state index contributed by atoms with van der Waals surface area (Å²) in [6.07, 6.45) is 4.49. The number of nitrogens with zero attached hydrogens (tertiary/aromatic N) is 1. The zero-order valence-corrected chi connectivity index (χ0v) is 11.0. The second kappa shape index (κ2) is 6.18. The smallest absolute Gasteiger partial charge is 0.407 e. The van der Waals surface area contributed by atoms with E-state index in [0.29, 0.717) is 5.78 Å². The van der Waals surface area contributed by atoms with Gasteiger partial charge in [0.25, 0.3) is 0 Å². The van der Waals surface area contributed by atoms with Crippen LogP contribution in [0.15, 0.2) is 0 Å². The lowest BCUT2D eigenvalue weighted by molar-refractivity contribution is -0.120. The minimum atomic E-state index is -0.354. The fraction of sp³-hybridized carbons (Fsp3) is 0.846. The average Bonchev–Trinajstić information content (AvgIpc) is 2.96. The van der Waals surface area contributed by atoms with Crippen molar-refractivity contribution in [3.63, 3.8) is 0 Å². The van der Waals surface area contributed by atoms with E-state index in [1.165, 1.54) is 7.11 Å². The molecule has 0 aromatic carbocycles. The third-order valence-corrected chi connectivity index (χ3v) is 4.00. The van der Waals surface area contributed by atoms with E-state index in [9.17, 15) is 9.59 Å². The largest absolute Gasteiger partial charge is 0.453 e. The van der Waals surface area contributed by atoms with Crippen LogP contribution in [0.1, 0.15) is 32.1 Å². The zero-order chi connectivity index (χ0) is 13.0. The molecule has 5 nitrogen and oxygen atoms in total. The van der Waals surface area contributed by atoms with E-state index < -0.39 is 0 Å². The first-order chi connectivity index (χ1) is 8.69. The van der Waals surface area contributed by atoms with Crippen LogP contribution in [0.4, 0.5) is 4.79 Å². The first kappa shape index (κ1) is 13.3. The number of likely N-dealkylation sites (tertiary alicyclic amines) is 1. The van der Waals surface area contributed by atoms with Gasteiger partial charge in [0.15, 0.2) is 0 Å². The van der Waals surface area contributed by atoms with Crippen LogP contribution >= 0.6 is 0 Å². The van der Waals surface area contributed by atoms with Crippen LogP contribution < -0.4 is 5.32 Å². The molecule has 2 aliphatic rings. The molecular formula is C13H22N2O3. The number of methoxy groups -OCH3 is 1. The van der Waals surface area contributed by atoms with E-state index in [0.717, 1.165) is 51.7 Å². The molecule has 1 heterocycles. The van der Waals surface area contributed by atoms with E-state index in [1.54, 1.807) is 0 Å². The van der Waals surface area contributed by atoms with Gasteiger partial charge in [0.1, 0.15) is 5.78 Å². The van der Waals surface area contributed by atoms with E-state index in [4.69, 9.17) is 0 Å². The number of ether oxygens (including phenoxy) is 1. The number of ketones is 1. The lowest BCUT2D eigenvalue weighted by Crippen LogP contribution is -2.37. The second-order valence-electron chi connectivity index (χ2n) is 5.27. The molecule has 5 heteroatoms. The van der Waals surface area contributed by atoms with Gasteiger partial charge in [-0.15, -0.1) is 0 Å². The first-order valence-corrected chi connectivity index (χ1v) is 6.78. The maximum absolute atomic E-state index is 11.5. The third kappa shape index (κ3) is 3.45. The van der Waals surface area contributed by atoms with Gasteiger partial charge >= 0.3 is 6.09 Å². The summed E-state index contributed by atoms with van der Waals surface area (Å²) in [4.78, 5) is 24.9. The fourth-order valence-electron chi connectivity index (χ4n) is 2.91. The summed E-state index contributed by atoms with van der Waals surface area (Å²) in [5.41, 5.74) is 0. The molecular weight excluding hydrogens is 232 g/mol. The highest BCUT2D eigenvalue weighted by molar-refractivity contribution is 5.82. The van der Waals surface area contributed by atoms with Crippen molar-refractivity contribution in [3.05, 3.63) is 0 Å². The Morgan fingerprint density at radius 2 is 2.33 bits per heavy atom. The Hall–Kier alpha value is -1.10. The summed E-state index contributed by atoms with van der Waals surface area (Å²) in [5, 5.41) is 2.83. The molecule has 1 aliphatic heterocycles. The molecule has 0 spiro atoms. The average molecular weight is 254 g/mol. The van der Waals surface area contributed by atoms with E-state index >= 15 is 0 Å². The Labute approximate surface area is 108 Å². The van der Waals surface area contributed by atoms with Crippen molar-refractivity contribution in [2.75, 3.05) is 26.7 Å². The molecule has 2 rings (SSSR count). The van der Waals surface area contributed by atoms with Crippen molar-refractivity contribution in [2.45, 2.75) is 38.1 Å². The van der Waals surface area contributed by atoms with E-state index in [2.05, 4.69) is 15.0 Å². The van der Waals surface area contributed by atoms with Crippen molar-refractivity contribution in [1.82, 2.24) is 10.2 Å². The molecule has 2 unspecified atom stereocenters. The summed E-state index contributed by atoms with van der Waals surface area (Å²) in [6.45, 7) is 2.83. The highest BCUT2D eigenvalue weighted by atomic mass is 16.5. The van der Waals surface area contributed by atoms with Gasteiger partial charge < -0.3 is 15.0 Å². The standard InChI is InChI=1S/C13H22N2O3/c1-18-13(17)14-11-6-8-15(9-11)7-5-10-3-2-4-12(10)16/h10-11H,2-9H2,1H3,(H,14,17). The number of Topliss-reactive ketones (excluding diaryl/α,β-unsaturated/α-hetero) is 1.